The van der Waals surface area contributed by atoms with E-state index in [1.807, 2.05) is 12.1 Å². The maximum absolute atomic E-state index is 12.2. The number of rotatable bonds is 2. The number of aromatic nitrogens is 2. The lowest BCUT2D eigenvalue weighted by atomic mass is 10.2. The minimum Gasteiger partial charge on any atom is -0.321 e. The molecule has 19 heavy (non-hydrogen) atoms. The molecular weight excluding hydrogens is 326 g/mol. The van der Waals surface area contributed by atoms with Crippen molar-refractivity contribution in [3.63, 3.8) is 0 Å². The van der Waals surface area contributed by atoms with E-state index in [1.165, 1.54) is 11.3 Å². The van der Waals surface area contributed by atoms with E-state index < -0.39 is 0 Å². The maximum Gasteiger partial charge on any atom is 0.255 e. The van der Waals surface area contributed by atoms with E-state index in [2.05, 4.69) is 31.2 Å². The fourth-order valence-corrected chi connectivity index (χ4v) is 2.73. The Labute approximate surface area is 121 Å². The van der Waals surface area contributed by atoms with Crippen LogP contribution in [0.3, 0.4) is 0 Å². The number of halogens is 1. The first-order valence-electron chi connectivity index (χ1n) is 5.48. The van der Waals surface area contributed by atoms with Crippen molar-refractivity contribution in [2.24, 2.45) is 0 Å². The van der Waals surface area contributed by atoms with E-state index >= 15 is 0 Å². The molecule has 0 bridgehead atoms. The number of carbonyl (C=O) groups is 1. The minimum absolute atomic E-state index is 0.151. The summed E-state index contributed by atoms with van der Waals surface area (Å²) in [5, 5.41) is 2.84. The van der Waals surface area contributed by atoms with Crippen molar-refractivity contribution in [2.75, 3.05) is 5.32 Å². The second-order valence-corrected chi connectivity index (χ2v) is 5.59. The van der Waals surface area contributed by atoms with Gasteiger partial charge in [-0.25, -0.2) is 4.98 Å². The number of benzene rings is 1. The first-order valence-corrected chi connectivity index (χ1v) is 7.15. The van der Waals surface area contributed by atoms with Gasteiger partial charge < -0.3 is 5.32 Å². The molecule has 0 aliphatic rings. The number of anilines is 1. The Morgan fingerprint density at radius 1 is 1.32 bits per heavy atom. The molecule has 3 aromatic rings. The molecule has 2 aromatic heterocycles. The number of thiazole rings is 1. The molecule has 0 aliphatic carbocycles. The van der Waals surface area contributed by atoms with Crippen LogP contribution in [0.15, 0.2) is 46.6 Å². The SMILES string of the molecule is O=C(Nc1ccncc1Br)c1ccc2ncsc2c1. The van der Waals surface area contributed by atoms with Gasteiger partial charge in [0.25, 0.3) is 5.91 Å². The zero-order valence-electron chi connectivity index (χ0n) is 9.63. The first-order chi connectivity index (χ1) is 9.24. The lowest BCUT2D eigenvalue weighted by molar-refractivity contribution is 0.102. The van der Waals surface area contributed by atoms with Crippen LogP contribution in [0.5, 0.6) is 0 Å². The van der Waals surface area contributed by atoms with Gasteiger partial charge in [0, 0.05) is 18.0 Å². The number of nitrogens with zero attached hydrogens (tertiary/aromatic N) is 2. The molecule has 3 rings (SSSR count). The molecule has 0 atom stereocenters. The van der Waals surface area contributed by atoms with E-state index in [1.54, 1.807) is 30.0 Å². The van der Waals surface area contributed by atoms with Crippen LogP contribution in [-0.4, -0.2) is 15.9 Å². The fraction of sp³-hybridized carbons (Fsp3) is 0. The Kier molecular flexibility index (Phi) is 3.27. The second kappa shape index (κ2) is 5.07. The zero-order chi connectivity index (χ0) is 13.2. The van der Waals surface area contributed by atoms with Gasteiger partial charge in [0.15, 0.2) is 0 Å². The van der Waals surface area contributed by atoms with Crippen molar-refractivity contribution in [3.05, 3.63) is 52.2 Å². The smallest absolute Gasteiger partial charge is 0.255 e. The van der Waals surface area contributed by atoms with E-state index in [0.29, 0.717) is 11.3 Å². The van der Waals surface area contributed by atoms with Gasteiger partial charge >= 0.3 is 0 Å². The molecule has 2 heterocycles. The summed E-state index contributed by atoms with van der Waals surface area (Å²) in [6, 6.07) is 7.21. The van der Waals surface area contributed by atoms with E-state index in [9.17, 15) is 4.79 Å². The summed E-state index contributed by atoms with van der Waals surface area (Å²) in [5.41, 5.74) is 3.99. The molecule has 0 radical (unpaired) electrons. The molecule has 1 amide bonds. The van der Waals surface area contributed by atoms with Crippen molar-refractivity contribution in [3.8, 4) is 0 Å². The number of nitrogens with one attached hydrogen (secondary N) is 1. The van der Waals surface area contributed by atoms with Gasteiger partial charge in [-0.15, -0.1) is 11.3 Å². The summed E-state index contributed by atoms with van der Waals surface area (Å²) in [6.45, 7) is 0. The van der Waals surface area contributed by atoms with Crippen molar-refractivity contribution in [1.82, 2.24) is 9.97 Å². The summed E-state index contributed by atoms with van der Waals surface area (Å²) in [5.74, 6) is -0.151. The first kappa shape index (κ1) is 12.3. The number of fused-ring (bicyclic) bond motifs is 1. The van der Waals surface area contributed by atoms with Gasteiger partial charge in [-0.3, -0.25) is 9.78 Å². The Bertz CT molecular complexity index is 756. The summed E-state index contributed by atoms with van der Waals surface area (Å²) < 4.78 is 1.75. The standard InChI is InChI=1S/C13H8BrN3OS/c14-9-6-15-4-3-10(9)17-13(18)8-1-2-11-12(5-8)19-7-16-11/h1-7H,(H,15,17,18). The summed E-state index contributed by atoms with van der Waals surface area (Å²) in [4.78, 5) is 20.3. The van der Waals surface area contributed by atoms with Gasteiger partial charge in [0.1, 0.15) is 0 Å². The number of hydrogen-bond acceptors (Lipinski definition) is 4. The van der Waals surface area contributed by atoms with Crippen LogP contribution in [0.2, 0.25) is 0 Å². The molecular formula is C13H8BrN3OS. The highest BCUT2D eigenvalue weighted by atomic mass is 79.9. The number of hydrogen-bond donors (Lipinski definition) is 1. The Morgan fingerprint density at radius 3 is 3.05 bits per heavy atom. The largest absolute Gasteiger partial charge is 0.321 e. The molecule has 0 fully saturated rings. The van der Waals surface area contributed by atoms with Crippen molar-refractivity contribution in [2.45, 2.75) is 0 Å². The normalized spacial score (nSPS) is 10.6. The van der Waals surface area contributed by atoms with Gasteiger partial charge in [0.05, 0.1) is 25.9 Å². The molecule has 4 nitrogen and oxygen atoms in total. The van der Waals surface area contributed by atoms with Gasteiger partial charge in [-0.05, 0) is 40.2 Å². The molecule has 1 aromatic carbocycles. The average Bonchev–Trinajstić information content (AvgIpc) is 2.88. The lowest BCUT2D eigenvalue weighted by Crippen LogP contribution is -2.12. The predicted octanol–water partition coefficient (Wildman–Crippen LogP) is 3.71. The monoisotopic (exact) mass is 333 g/mol. The number of pyridine rings is 1. The third kappa shape index (κ3) is 2.50. The van der Waals surface area contributed by atoms with Crippen LogP contribution in [-0.2, 0) is 0 Å². The van der Waals surface area contributed by atoms with Gasteiger partial charge in [-0.1, -0.05) is 0 Å². The summed E-state index contributed by atoms with van der Waals surface area (Å²) >= 11 is 4.86. The molecule has 0 spiro atoms. The molecule has 0 aliphatic heterocycles. The lowest BCUT2D eigenvalue weighted by Gasteiger charge is -2.06. The topological polar surface area (TPSA) is 54.9 Å². The zero-order valence-corrected chi connectivity index (χ0v) is 12.0. The highest BCUT2D eigenvalue weighted by Crippen LogP contribution is 2.22. The van der Waals surface area contributed by atoms with Gasteiger partial charge in [0.2, 0.25) is 0 Å². The highest BCUT2D eigenvalue weighted by molar-refractivity contribution is 9.10. The second-order valence-electron chi connectivity index (χ2n) is 3.84. The molecule has 0 saturated carbocycles. The molecule has 6 heteroatoms. The van der Waals surface area contributed by atoms with Crippen LogP contribution in [0.4, 0.5) is 5.69 Å². The van der Waals surface area contributed by atoms with E-state index in [-0.39, 0.29) is 5.91 Å². The number of carbonyl (C=O) groups excluding carboxylic acids is 1. The summed E-state index contributed by atoms with van der Waals surface area (Å²) in [6.07, 6.45) is 3.27. The molecule has 0 unspecified atom stereocenters. The Balaban J connectivity index is 1.89. The van der Waals surface area contributed by atoms with Crippen LogP contribution < -0.4 is 5.32 Å². The Morgan fingerprint density at radius 2 is 2.21 bits per heavy atom. The quantitative estimate of drug-likeness (QED) is 0.777. The van der Waals surface area contributed by atoms with Crippen LogP contribution in [0, 0.1) is 0 Å². The average molecular weight is 334 g/mol. The van der Waals surface area contributed by atoms with Crippen LogP contribution in [0.1, 0.15) is 10.4 Å². The third-order valence-electron chi connectivity index (χ3n) is 2.61. The maximum atomic E-state index is 12.2. The van der Waals surface area contributed by atoms with Crippen LogP contribution >= 0.6 is 27.3 Å². The van der Waals surface area contributed by atoms with E-state index in [4.69, 9.17) is 0 Å². The summed E-state index contributed by atoms with van der Waals surface area (Å²) in [7, 11) is 0. The fourth-order valence-electron chi connectivity index (χ4n) is 1.67. The van der Waals surface area contributed by atoms with Crippen molar-refractivity contribution < 1.29 is 4.79 Å². The van der Waals surface area contributed by atoms with E-state index in [0.717, 1.165) is 14.7 Å². The predicted molar refractivity (Wildman–Crippen MR) is 79.5 cm³/mol. The van der Waals surface area contributed by atoms with Crippen LogP contribution in [0.25, 0.3) is 10.2 Å². The van der Waals surface area contributed by atoms with Gasteiger partial charge in [-0.2, -0.15) is 0 Å². The Hall–Kier alpha value is -1.79. The molecule has 0 saturated heterocycles. The molecule has 94 valence electrons. The minimum atomic E-state index is -0.151. The third-order valence-corrected chi connectivity index (χ3v) is 4.04. The highest BCUT2D eigenvalue weighted by Gasteiger charge is 2.09. The van der Waals surface area contributed by atoms with Crippen molar-refractivity contribution in [1.29, 1.82) is 0 Å². The van der Waals surface area contributed by atoms with Crippen molar-refractivity contribution >= 4 is 49.1 Å². The number of amides is 1. The molecule has 1 N–H and O–H groups in total.